The average molecular weight is 375 g/mol. The molecule has 2 heterocycles. The number of pyridine rings is 1. The quantitative estimate of drug-likeness (QED) is 0.793. The third-order valence-corrected chi connectivity index (χ3v) is 4.20. The summed E-state index contributed by atoms with van der Waals surface area (Å²) in [5.74, 6) is -0.569. The predicted octanol–water partition coefficient (Wildman–Crippen LogP) is 4.08. The third kappa shape index (κ3) is 4.72. The van der Waals surface area contributed by atoms with Crippen molar-refractivity contribution in [2.75, 3.05) is 31.1 Å². The van der Waals surface area contributed by atoms with E-state index >= 15 is 0 Å². The summed E-state index contributed by atoms with van der Waals surface area (Å²) >= 11 is 0. The van der Waals surface area contributed by atoms with E-state index in [1.54, 1.807) is 17.0 Å². The van der Waals surface area contributed by atoms with Gasteiger partial charge in [0.05, 0.1) is 5.69 Å². The smallest absolute Gasteiger partial charge is 0.410 e. The van der Waals surface area contributed by atoms with Crippen molar-refractivity contribution in [1.82, 2.24) is 9.88 Å². The maximum Gasteiger partial charge on any atom is 0.410 e. The number of hydrogen-bond donors (Lipinski definition) is 0. The molecule has 2 aromatic rings. The molecule has 7 heteroatoms. The lowest BCUT2D eigenvalue weighted by Crippen LogP contribution is -2.50. The van der Waals surface area contributed by atoms with Gasteiger partial charge in [0.15, 0.2) is 0 Å². The molecule has 1 aliphatic rings. The topological polar surface area (TPSA) is 45.7 Å². The molecule has 0 aliphatic carbocycles. The van der Waals surface area contributed by atoms with Crippen molar-refractivity contribution in [2.24, 2.45) is 0 Å². The summed E-state index contributed by atoms with van der Waals surface area (Å²) in [5, 5.41) is 0. The number of amides is 1. The van der Waals surface area contributed by atoms with Crippen LogP contribution in [0.5, 0.6) is 0 Å². The molecule has 0 saturated carbocycles. The highest BCUT2D eigenvalue weighted by atomic mass is 19.1. The monoisotopic (exact) mass is 375 g/mol. The van der Waals surface area contributed by atoms with Gasteiger partial charge in [-0.1, -0.05) is 6.07 Å². The van der Waals surface area contributed by atoms with E-state index in [0.29, 0.717) is 37.7 Å². The number of halogens is 2. The van der Waals surface area contributed by atoms with Crippen LogP contribution in [0.2, 0.25) is 0 Å². The van der Waals surface area contributed by atoms with Crippen molar-refractivity contribution in [2.45, 2.75) is 26.4 Å². The fourth-order valence-electron chi connectivity index (χ4n) is 2.89. The number of nitrogens with zero attached hydrogens (tertiary/aromatic N) is 3. The first-order valence-electron chi connectivity index (χ1n) is 8.88. The molecule has 0 radical (unpaired) electrons. The highest BCUT2D eigenvalue weighted by Gasteiger charge is 2.26. The van der Waals surface area contributed by atoms with Crippen molar-refractivity contribution in [3.8, 4) is 11.3 Å². The molecule has 0 atom stereocenters. The van der Waals surface area contributed by atoms with E-state index in [2.05, 4.69) is 4.98 Å². The maximum atomic E-state index is 14.0. The highest BCUT2D eigenvalue weighted by Crippen LogP contribution is 2.24. The minimum atomic E-state index is -0.644. The van der Waals surface area contributed by atoms with Gasteiger partial charge in [-0.2, -0.15) is 0 Å². The van der Waals surface area contributed by atoms with Gasteiger partial charge in [0.2, 0.25) is 0 Å². The average Bonchev–Trinajstić information content (AvgIpc) is 2.60. The molecular formula is C20H23F2N3O2. The number of ether oxygens (including phenoxy) is 1. The van der Waals surface area contributed by atoms with Gasteiger partial charge >= 0.3 is 6.09 Å². The molecule has 1 aromatic carbocycles. The zero-order valence-corrected chi connectivity index (χ0v) is 15.7. The molecular weight excluding hydrogens is 352 g/mol. The molecule has 1 aromatic heterocycles. The number of aromatic nitrogens is 1. The lowest BCUT2D eigenvalue weighted by Gasteiger charge is -2.36. The first kappa shape index (κ1) is 19.1. The second-order valence-corrected chi connectivity index (χ2v) is 7.46. The van der Waals surface area contributed by atoms with Crippen LogP contribution in [0.15, 0.2) is 36.4 Å². The van der Waals surface area contributed by atoms with Gasteiger partial charge in [0.25, 0.3) is 0 Å². The Bertz CT molecular complexity index is 828. The molecule has 0 bridgehead atoms. The Labute approximate surface area is 157 Å². The first-order valence-corrected chi connectivity index (χ1v) is 8.88. The summed E-state index contributed by atoms with van der Waals surface area (Å²) in [6, 6.07) is 8.78. The van der Waals surface area contributed by atoms with E-state index in [0.717, 1.165) is 6.07 Å². The third-order valence-electron chi connectivity index (χ3n) is 4.20. The van der Waals surface area contributed by atoms with E-state index in [1.165, 1.54) is 12.1 Å². The maximum absolute atomic E-state index is 14.0. The van der Waals surface area contributed by atoms with E-state index in [-0.39, 0.29) is 11.7 Å². The Morgan fingerprint density at radius 1 is 1.07 bits per heavy atom. The minimum Gasteiger partial charge on any atom is -0.444 e. The lowest BCUT2D eigenvalue weighted by atomic mass is 10.1. The second-order valence-electron chi connectivity index (χ2n) is 7.46. The Balaban J connectivity index is 1.69. The Hall–Kier alpha value is -2.70. The summed E-state index contributed by atoms with van der Waals surface area (Å²) in [6.07, 6.45) is -0.322. The summed E-state index contributed by atoms with van der Waals surface area (Å²) in [5.41, 5.74) is 0.175. The first-order chi connectivity index (χ1) is 12.7. The van der Waals surface area contributed by atoms with Gasteiger partial charge < -0.3 is 14.5 Å². The summed E-state index contributed by atoms with van der Waals surface area (Å²) in [7, 11) is 0. The molecule has 1 saturated heterocycles. The van der Waals surface area contributed by atoms with Crippen LogP contribution in [0.4, 0.5) is 19.4 Å². The van der Waals surface area contributed by atoms with Crippen LogP contribution in [-0.4, -0.2) is 47.8 Å². The van der Waals surface area contributed by atoms with Crippen LogP contribution in [0.3, 0.4) is 0 Å². The van der Waals surface area contributed by atoms with Crippen LogP contribution >= 0.6 is 0 Å². The molecule has 0 unspecified atom stereocenters. The zero-order valence-electron chi connectivity index (χ0n) is 15.7. The number of anilines is 1. The Morgan fingerprint density at radius 3 is 2.41 bits per heavy atom. The molecule has 3 rings (SSSR count). The molecule has 0 N–H and O–H groups in total. The molecule has 1 amide bonds. The SMILES string of the molecule is CC(C)(C)OC(=O)N1CCN(c2cccc(-c3ccc(F)cc3F)n2)CC1. The normalized spacial score (nSPS) is 15.0. The van der Waals surface area contributed by atoms with Gasteiger partial charge in [-0.3, -0.25) is 0 Å². The van der Waals surface area contributed by atoms with Crippen LogP contribution in [0.1, 0.15) is 20.8 Å². The van der Waals surface area contributed by atoms with Crippen LogP contribution in [0.25, 0.3) is 11.3 Å². The van der Waals surface area contributed by atoms with E-state index in [9.17, 15) is 13.6 Å². The molecule has 5 nitrogen and oxygen atoms in total. The minimum absolute atomic E-state index is 0.255. The van der Waals surface area contributed by atoms with Gasteiger partial charge in [-0.15, -0.1) is 0 Å². The fourth-order valence-corrected chi connectivity index (χ4v) is 2.89. The zero-order chi connectivity index (χ0) is 19.6. The Morgan fingerprint density at radius 2 is 1.78 bits per heavy atom. The number of hydrogen-bond acceptors (Lipinski definition) is 4. The van der Waals surface area contributed by atoms with Gasteiger partial charge in [-0.05, 0) is 45.0 Å². The van der Waals surface area contributed by atoms with E-state index in [4.69, 9.17) is 4.74 Å². The predicted molar refractivity (Wildman–Crippen MR) is 99.6 cm³/mol. The fraction of sp³-hybridized carbons (Fsp3) is 0.400. The lowest BCUT2D eigenvalue weighted by molar-refractivity contribution is 0.0240. The van der Waals surface area contributed by atoms with Gasteiger partial charge in [0, 0.05) is 37.8 Å². The number of carbonyl (C=O) groups is 1. The number of benzene rings is 1. The van der Waals surface area contributed by atoms with Crippen molar-refractivity contribution >= 4 is 11.9 Å². The van der Waals surface area contributed by atoms with Crippen molar-refractivity contribution in [3.05, 3.63) is 48.0 Å². The summed E-state index contributed by atoms with van der Waals surface area (Å²) in [6.45, 7) is 7.75. The number of rotatable bonds is 2. The van der Waals surface area contributed by atoms with Crippen LogP contribution in [0, 0.1) is 11.6 Å². The van der Waals surface area contributed by atoms with Gasteiger partial charge in [0.1, 0.15) is 23.1 Å². The number of carbonyl (C=O) groups excluding carboxylic acids is 1. The van der Waals surface area contributed by atoms with E-state index < -0.39 is 17.2 Å². The molecule has 27 heavy (non-hydrogen) atoms. The van der Waals surface area contributed by atoms with Gasteiger partial charge in [-0.25, -0.2) is 18.6 Å². The van der Waals surface area contributed by atoms with Crippen molar-refractivity contribution in [3.63, 3.8) is 0 Å². The van der Waals surface area contributed by atoms with Crippen molar-refractivity contribution < 1.29 is 18.3 Å². The summed E-state index contributed by atoms with van der Waals surface area (Å²) in [4.78, 5) is 20.4. The van der Waals surface area contributed by atoms with Crippen LogP contribution < -0.4 is 4.90 Å². The van der Waals surface area contributed by atoms with E-state index in [1.807, 2.05) is 31.7 Å². The molecule has 144 valence electrons. The molecule has 0 spiro atoms. The number of piperazine rings is 1. The van der Waals surface area contributed by atoms with Crippen molar-refractivity contribution in [1.29, 1.82) is 0 Å². The summed E-state index contributed by atoms with van der Waals surface area (Å²) < 4.78 is 32.6. The molecule has 1 fully saturated rings. The Kier molecular flexibility index (Phi) is 5.30. The molecule has 1 aliphatic heterocycles. The second kappa shape index (κ2) is 7.50. The standard InChI is InChI=1S/C20H23F2N3O2/c1-20(2,3)27-19(26)25-11-9-24(10-12-25)18-6-4-5-17(23-18)15-8-7-14(21)13-16(15)22/h4-8,13H,9-12H2,1-3H3. The van der Waals surface area contributed by atoms with Crippen LogP contribution in [-0.2, 0) is 4.74 Å². The largest absolute Gasteiger partial charge is 0.444 e. The highest BCUT2D eigenvalue weighted by molar-refractivity contribution is 5.68.